The number of hydrogen-bond donors (Lipinski definition) is 0. The first-order chi connectivity index (χ1) is 23.0. The molecule has 0 heterocycles. The van der Waals surface area contributed by atoms with Gasteiger partial charge in [0.05, 0.1) is 117 Å². The Kier molecular flexibility index (Phi) is 29.1. The summed E-state index contributed by atoms with van der Waals surface area (Å²) in [6.07, 6.45) is 6.03. The Hall–Kier alpha value is -1.72. The molecule has 0 bridgehead atoms. The third kappa shape index (κ3) is 27.9. The van der Waals surface area contributed by atoms with Crippen LogP contribution in [-0.4, -0.2) is 133 Å². The molecule has 0 aromatic heterocycles. The van der Waals surface area contributed by atoms with E-state index in [2.05, 4.69) is 6.92 Å². The van der Waals surface area contributed by atoms with Crippen LogP contribution in [0.5, 0.6) is 0 Å². The van der Waals surface area contributed by atoms with Crippen LogP contribution in [0.4, 0.5) is 0 Å². The first-order valence-corrected chi connectivity index (χ1v) is 18.1. The molecule has 1 aromatic rings. The molecule has 1 rings (SSSR count). The number of ether oxygens (including phenoxy) is 9. The van der Waals surface area contributed by atoms with Crippen LogP contribution in [0.2, 0.25) is 0 Å². The molecule has 14 heteroatoms. The summed E-state index contributed by atoms with van der Waals surface area (Å²) < 4.78 is 77.7. The standard InChI is InChI=1S/C33H58O13S/c1-3-4-5-6-7-8-33(34)45-29-27-43-25-23-41-21-19-39-17-15-37-13-14-38-16-18-40-20-22-42-24-26-44-28-30-46-47(35,36)32-11-9-31(2)10-12-32/h9-12H,3-8,13-30H2,1-2H3. The van der Waals surface area contributed by atoms with E-state index >= 15 is 0 Å². The zero-order chi connectivity index (χ0) is 34.1. The number of carbonyl (C=O) groups is 1. The number of benzene rings is 1. The smallest absolute Gasteiger partial charge is 0.305 e. The van der Waals surface area contributed by atoms with Crippen LogP contribution in [0.25, 0.3) is 0 Å². The van der Waals surface area contributed by atoms with Crippen molar-refractivity contribution in [2.45, 2.75) is 57.3 Å². The zero-order valence-corrected chi connectivity index (χ0v) is 29.3. The van der Waals surface area contributed by atoms with Crippen molar-refractivity contribution >= 4 is 16.1 Å². The fourth-order valence-corrected chi connectivity index (χ4v) is 4.67. The van der Waals surface area contributed by atoms with Crippen molar-refractivity contribution in [3.05, 3.63) is 29.8 Å². The molecule has 0 aliphatic carbocycles. The first kappa shape index (κ1) is 43.3. The van der Waals surface area contributed by atoms with E-state index in [9.17, 15) is 13.2 Å². The molecule has 0 saturated heterocycles. The van der Waals surface area contributed by atoms with Gasteiger partial charge in [0, 0.05) is 6.42 Å². The molecule has 0 radical (unpaired) electrons. The van der Waals surface area contributed by atoms with Gasteiger partial charge in [-0.2, -0.15) is 8.42 Å². The second kappa shape index (κ2) is 31.5. The monoisotopic (exact) mass is 694 g/mol. The van der Waals surface area contributed by atoms with Crippen molar-refractivity contribution in [1.82, 2.24) is 0 Å². The van der Waals surface area contributed by atoms with Gasteiger partial charge in [-0.3, -0.25) is 8.98 Å². The summed E-state index contributed by atoms with van der Waals surface area (Å²) in [5.41, 5.74) is 0.974. The molecule has 13 nitrogen and oxygen atoms in total. The van der Waals surface area contributed by atoms with Crippen LogP contribution in [0.3, 0.4) is 0 Å². The summed E-state index contributed by atoms with van der Waals surface area (Å²) in [5.74, 6) is -0.156. The van der Waals surface area contributed by atoms with E-state index < -0.39 is 10.1 Å². The van der Waals surface area contributed by atoms with Crippen LogP contribution in [0, 0.1) is 6.92 Å². The summed E-state index contributed by atoms with van der Waals surface area (Å²) >= 11 is 0. The van der Waals surface area contributed by atoms with Gasteiger partial charge in [-0.25, -0.2) is 0 Å². The van der Waals surface area contributed by atoms with Gasteiger partial charge in [0.15, 0.2) is 0 Å². The number of aryl methyl sites for hydroxylation is 1. The summed E-state index contributed by atoms with van der Waals surface area (Å²) in [4.78, 5) is 11.7. The Morgan fingerprint density at radius 2 is 0.872 bits per heavy atom. The number of esters is 1. The minimum Gasteiger partial charge on any atom is -0.463 e. The maximum atomic E-state index is 12.1. The molecule has 0 aliphatic rings. The summed E-state index contributed by atoms with van der Waals surface area (Å²) in [6, 6.07) is 6.48. The largest absolute Gasteiger partial charge is 0.463 e. The van der Waals surface area contributed by atoms with E-state index in [0.717, 1.165) is 18.4 Å². The van der Waals surface area contributed by atoms with Crippen LogP contribution in [0.1, 0.15) is 51.0 Å². The molecule has 47 heavy (non-hydrogen) atoms. The predicted molar refractivity (Wildman–Crippen MR) is 175 cm³/mol. The van der Waals surface area contributed by atoms with Crippen LogP contribution < -0.4 is 0 Å². The number of rotatable bonds is 35. The lowest BCUT2D eigenvalue weighted by Crippen LogP contribution is -2.16. The molecule has 0 saturated carbocycles. The molecule has 274 valence electrons. The summed E-state index contributed by atoms with van der Waals surface area (Å²) in [6.45, 7) is 11.0. The van der Waals surface area contributed by atoms with E-state index in [1.54, 1.807) is 12.1 Å². The fraction of sp³-hybridized carbons (Fsp3) is 0.788. The van der Waals surface area contributed by atoms with Gasteiger partial charge in [0.2, 0.25) is 0 Å². The van der Waals surface area contributed by atoms with Crippen LogP contribution in [-0.2, 0) is 61.7 Å². The maximum absolute atomic E-state index is 12.1. The Balaban J connectivity index is 1.70. The average Bonchev–Trinajstić information content (AvgIpc) is 3.06. The minimum absolute atomic E-state index is 0.0614. The maximum Gasteiger partial charge on any atom is 0.305 e. The summed E-state index contributed by atoms with van der Waals surface area (Å²) in [7, 11) is -3.78. The third-order valence-electron chi connectivity index (χ3n) is 6.36. The Labute approximate surface area is 281 Å². The van der Waals surface area contributed by atoms with E-state index in [4.69, 9.17) is 46.8 Å². The van der Waals surface area contributed by atoms with Gasteiger partial charge in [0.1, 0.15) is 6.61 Å². The first-order valence-electron chi connectivity index (χ1n) is 16.7. The topological polar surface area (TPSA) is 144 Å². The predicted octanol–water partition coefficient (Wildman–Crippen LogP) is 3.74. The van der Waals surface area contributed by atoms with Gasteiger partial charge in [-0.05, 0) is 25.5 Å². The van der Waals surface area contributed by atoms with Crippen molar-refractivity contribution in [1.29, 1.82) is 0 Å². The number of hydrogen-bond acceptors (Lipinski definition) is 13. The molecule has 0 atom stereocenters. The van der Waals surface area contributed by atoms with Crippen LogP contribution >= 0.6 is 0 Å². The zero-order valence-electron chi connectivity index (χ0n) is 28.5. The lowest BCUT2D eigenvalue weighted by molar-refractivity contribution is -0.145. The Morgan fingerprint density at radius 3 is 1.28 bits per heavy atom. The van der Waals surface area contributed by atoms with E-state index in [1.165, 1.54) is 31.4 Å². The molecule has 0 N–H and O–H groups in total. The highest BCUT2D eigenvalue weighted by Crippen LogP contribution is 2.13. The average molecular weight is 695 g/mol. The van der Waals surface area contributed by atoms with Crippen molar-refractivity contribution in [2.75, 3.05) is 119 Å². The van der Waals surface area contributed by atoms with Crippen molar-refractivity contribution < 1.29 is 60.0 Å². The van der Waals surface area contributed by atoms with Crippen molar-refractivity contribution in [2.24, 2.45) is 0 Å². The highest BCUT2D eigenvalue weighted by atomic mass is 32.2. The fourth-order valence-electron chi connectivity index (χ4n) is 3.78. The molecular weight excluding hydrogens is 636 g/mol. The quantitative estimate of drug-likeness (QED) is 0.0579. The van der Waals surface area contributed by atoms with Crippen LogP contribution in [0.15, 0.2) is 29.2 Å². The SMILES string of the molecule is CCCCCCCC(=O)OCCOCCOCCOCCOCCOCCOCCOCCOCCOS(=O)(=O)c1ccc(C)cc1. The van der Waals surface area contributed by atoms with Gasteiger partial charge < -0.3 is 42.6 Å². The summed E-state index contributed by atoms with van der Waals surface area (Å²) in [5, 5.41) is 0. The van der Waals surface area contributed by atoms with Gasteiger partial charge in [-0.1, -0.05) is 50.3 Å². The molecule has 0 spiro atoms. The lowest BCUT2D eigenvalue weighted by Gasteiger charge is -2.09. The number of carbonyl (C=O) groups excluding carboxylic acids is 1. The van der Waals surface area contributed by atoms with Crippen molar-refractivity contribution in [3.8, 4) is 0 Å². The molecule has 0 amide bonds. The van der Waals surface area contributed by atoms with Crippen molar-refractivity contribution in [3.63, 3.8) is 0 Å². The highest BCUT2D eigenvalue weighted by Gasteiger charge is 2.14. The molecule has 1 aromatic carbocycles. The van der Waals surface area contributed by atoms with Gasteiger partial charge in [0.25, 0.3) is 10.1 Å². The molecule has 0 aliphatic heterocycles. The second-order valence-corrected chi connectivity index (χ2v) is 12.0. The Bertz CT molecular complexity index is 944. The third-order valence-corrected chi connectivity index (χ3v) is 7.68. The minimum atomic E-state index is -3.78. The van der Waals surface area contributed by atoms with E-state index in [-0.39, 0.29) is 30.7 Å². The van der Waals surface area contributed by atoms with Gasteiger partial charge in [-0.15, -0.1) is 0 Å². The Morgan fingerprint density at radius 1 is 0.511 bits per heavy atom. The van der Waals surface area contributed by atoms with E-state index in [1.807, 2.05) is 6.92 Å². The molecule has 0 fully saturated rings. The molecule has 0 unspecified atom stereocenters. The normalized spacial score (nSPS) is 11.7. The van der Waals surface area contributed by atoms with Gasteiger partial charge >= 0.3 is 5.97 Å². The number of unbranched alkanes of at least 4 members (excludes halogenated alkanes) is 4. The highest BCUT2D eigenvalue weighted by molar-refractivity contribution is 7.86. The second-order valence-electron chi connectivity index (χ2n) is 10.4. The molecular formula is C33H58O13S. The lowest BCUT2D eigenvalue weighted by atomic mass is 10.1. The van der Waals surface area contributed by atoms with E-state index in [0.29, 0.717) is 106 Å².